The van der Waals surface area contributed by atoms with Gasteiger partial charge in [-0.25, -0.2) is 4.79 Å². The highest BCUT2D eigenvalue weighted by Gasteiger charge is 2.32. The fourth-order valence-corrected chi connectivity index (χ4v) is 3.13. The van der Waals surface area contributed by atoms with E-state index in [9.17, 15) is 4.79 Å². The molecule has 0 spiro atoms. The van der Waals surface area contributed by atoms with Crippen molar-refractivity contribution in [1.82, 2.24) is 15.1 Å². The topological polar surface area (TPSA) is 58.6 Å². The van der Waals surface area contributed by atoms with Crippen LogP contribution in [0.3, 0.4) is 0 Å². The number of anilines is 1. The molecule has 0 saturated carbocycles. The number of carbonyl (C=O) groups excluding carboxylic acids is 1. The first kappa shape index (κ1) is 18.2. The summed E-state index contributed by atoms with van der Waals surface area (Å²) < 4.78 is 6.22. The largest absolute Gasteiger partial charge is 0.449 e. The van der Waals surface area contributed by atoms with Crippen molar-refractivity contribution in [3.05, 3.63) is 15.8 Å². The third-order valence-electron chi connectivity index (χ3n) is 4.33. The molecule has 0 N–H and O–H groups in total. The third kappa shape index (κ3) is 4.92. The number of ether oxygens (including phenoxy) is 1. The molecule has 1 fully saturated rings. The van der Waals surface area contributed by atoms with Crippen LogP contribution < -0.4 is 4.90 Å². The van der Waals surface area contributed by atoms with Crippen molar-refractivity contribution in [1.29, 1.82) is 0 Å². The smallest absolute Gasteiger partial charge is 0.409 e. The van der Waals surface area contributed by atoms with E-state index in [0.717, 1.165) is 41.7 Å². The van der Waals surface area contributed by atoms with E-state index in [-0.39, 0.29) is 12.1 Å². The molecule has 1 aromatic rings. The number of unbranched alkanes of at least 4 members (excludes halogenated alkanes) is 1. The fraction of sp³-hybridized carbons (Fsp3) is 0.688. The van der Waals surface area contributed by atoms with E-state index in [1.54, 1.807) is 0 Å². The minimum absolute atomic E-state index is 0.169. The summed E-state index contributed by atoms with van der Waals surface area (Å²) in [7, 11) is 2.05. The molecule has 2 heterocycles. The second-order valence-corrected chi connectivity index (χ2v) is 7.12. The number of aromatic nitrogens is 2. The lowest BCUT2D eigenvalue weighted by molar-refractivity contribution is 0.0727. The van der Waals surface area contributed by atoms with Gasteiger partial charge in [0.05, 0.1) is 6.61 Å². The van der Waals surface area contributed by atoms with Gasteiger partial charge < -0.3 is 14.5 Å². The molecule has 0 aliphatic carbocycles. The number of carbonyl (C=O) groups is 1. The van der Waals surface area contributed by atoms with Crippen LogP contribution in [-0.2, 0) is 4.74 Å². The number of nitrogens with zero attached hydrogens (tertiary/aromatic N) is 4. The van der Waals surface area contributed by atoms with Crippen molar-refractivity contribution in [2.24, 2.45) is 0 Å². The summed E-state index contributed by atoms with van der Waals surface area (Å²) in [5.74, 6) is 0.876. The highest BCUT2D eigenvalue weighted by atomic mass is 127. The van der Waals surface area contributed by atoms with Gasteiger partial charge in [0, 0.05) is 25.7 Å². The number of halogens is 1. The van der Waals surface area contributed by atoms with Crippen LogP contribution in [0.15, 0.2) is 12.1 Å². The van der Waals surface area contributed by atoms with Crippen LogP contribution in [0.1, 0.15) is 39.5 Å². The van der Waals surface area contributed by atoms with Crippen LogP contribution >= 0.6 is 22.6 Å². The maximum Gasteiger partial charge on any atom is 0.409 e. The molecule has 7 heteroatoms. The number of hydrogen-bond donors (Lipinski definition) is 0. The van der Waals surface area contributed by atoms with E-state index in [1.807, 2.05) is 24.1 Å². The minimum atomic E-state index is -0.180. The van der Waals surface area contributed by atoms with Crippen molar-refractivity contribution >= 4 is 34.5 Å². The van der Waals surface area contributed by atoms with E-state index in [1.165, 1.54) is 0 Å². The highest BCUT2D eigenvalue weighted by Crippen LogP contribution is 2.24. The van der Waals surface area contributed by atoms with Crippen molar-refractivity contribution < 1.29 is 9.53 Å². The first-order valence-electron chi connectivity index (χ1n) is 8.18. The van der Waals surface area contributed by atoms with E-state index in [0.29, 0.717) is 12.6 Å². The first-order chi connectivity index (χ1) is 11.0. The summed E-state index contributed by atoms with van der Waals surface area (Å²) in [5, 5.41) is 8.36. The Balaban J connectivity index is 1.90. The van der Waals surface area contributed by atoms with E-state index in [2.05, 4.69) is 51.5 Å². The number of rotatable bonds is 5. The predicted molar refractivity (Wildman–Crippen MR) is 98.6 cm³/mol. The molecule has 2 unspecified atom stereocenters. The van der Waals surface area contributed by atoms with Crippen molar-refractivity contribution in [2.75, 3.05) is 25.1 Å². The van der Waals surface area contributed by atoms with Gasteiger partial charge in [-0.3, -0.25) is 0 Å². The van der Waals surface area contributed by atoms with E-state index in [4.69, 9.17) is 4.74 Å². The molecule has 0 radical (unpaired) electrons. The molecular formula is C16H25IN4O2. The Bertz CT molecular complexity index is 511. The minimum Gasteiger partial charge on any atom is -0.449 e. The summed E-state index contributed by atoms with van der Waals surface area (Å²) in [4.78, 5) is 16.1. The van der Waals surface area contributed by atoms with Gasteiger partial charge in [-0.2, -0.15) is 0 Å². The summed E-state index contributed by atoms with van der Waals surface area (Å²) in [6.07, 6.45) is 3.60. The van der Waals surface area contributed by atoms with Gasteiger partial charge in [0.2, 0.25) is 0 Å². The molecule has 23 heavy (non-hydrogen) atoms. The molecule has 2 atom stereocenters. The predicted octanol–water partition coefficient (Wildman–Crippen LogP) is 3.31. The van der Waals surface area contributed by atoms with E-state index >= 15 is 0 Å². The second-order valence-electron chi connectivity index (χ2n) is 6.01. The SMILES string of the molecule is CCCCOC(=O)N1CCC(N(C)c2ccc(I)nn2)CC1C. The lowest BCUT2D eigenvalue weighted by atomic mass is 9.97. The Morgan fingerprint density at radius 2 is 2.26 bits per heavy atom. The highest BCUT2D eigenvalue weighted by molar-refractivity contribution is 14.1. The zero-order valence-corrected chi connectivity index (χ0v) is 16.2. The van der Waals surface area contributed by atoms with Gasteiger partial charge in [0.1, 0.15) is 3.70 Å². The maximum atomic E-state index is 12.1. The van der Waals surface area contributed by atoms with Gasteiger partial charge in [-0.05, 0) is 60.9 Å². The lowest BCUT2D eigenvalue weighted by Gasteiger charge is -2.40. The standard InChI is InChI=1S/C16H25IN4O2/c1-4-5-10-23-16(22)21-9-8-13(11-12(21)2)20(3)15-7-6-14(17)18-19-15/h6-7,12-13H,4-5,8-11H2,1-3H3. The molecule has 1 saturated heterocycles. The Morgan fingerprint density at radius 1 is 1.48 bits per heavy atom. The van der Waals surface area contributed by atoms with Crippen molar-refractivity contribution in [2.45, 2.75) is 51.6 Å². The van der Waals surface area contributed by atoms with Crippen LogP contribution in [-0.4, -0.2) is 53.5 Å². The zero-order valence-electron chi connectivity index (χ0n) is 14.0. The molecular weight excluding hydrogens is 407 g/mol. The number of piperidine rings is 1. The average molecular weight is 432 g/mol. The maximum absolute atomic E-state index is 12.1. The van der Waals surface area contributed by atoms with Crippen LogP contribution in [0.2, 0.25) is 0 Å². The zero-order chi connectivity index (χ0) is 16.8. The summed E-state index contributed by atoms with van der Waals surface area (Å²) in [5.41, 5.74) is 0. The normalized spacial score (nSPS) is 21.1. The molecule has 0 aromatic carbocycles. The molecule has 1 aliphatic rings. The van der Waals surface area contributed by atoms with Gasteiger partial charge in [-0.15, -0.1) is 10.2 Å². The summed E-state index contributed by atoms with van der Waals surface area (Å²) >= 11 is 2.15. The molecule has 2 rings (SSSR count). The summed E-state index contributed by atoms with van der Waals surface area (Å²) in [6, 6.07) is 4.48. The van der Waals surface area contributed by atoms with Gasteiger partial charge >= 0.3 is 6.09 Å². The lowest BCUT2D eigenvalue weighted by Crippen LogP contribution is -2.50. The third-order valence-corrected chi connectivity index (χ3v) is 4.91. The van der Waals surface area contributed by atoms with Crippen molar-refractivity contribution in [3.8, 4) is 0 Å². The Hall–Kier alpha value is -1.12. The van der Waals surface area contributed by atoms with Gasteiger partial charge in [0.15, 0.2) is 5.82 Å². The van der Waals surface area contributed by atoms with Crippen LogP contribution in [0.4, 0.5) is 10.6 Å². The quantitative estimate of drug-likeness (QED) is 0.528. The molecule has 1 aliphatic heterocycles. The van der Waals surface area contributed by atoms with Crippen LogP contribution in [0.25, 0.3) is 0 Å². The number of likely N-dealkylation sites (tertiary alicyclic amines) is 1. The first-order valence-corrected chi connectivity index (χ1v) is 9.26. The monoisotopic (exact) mass is 432 g/mol. The Kier molecular flexibility index (Phi) is 6.86. The Labute approximate surface area is 151 Å². The van der Waals surface area contributed by atoms with Crippen LogP contribution in [0.5, 0.6) is 0 Å². The van der Waals surface area contributed by atoms with Crippen LogP contribution in [0, 0.1) is 3.70 Å². The molecule has 1 amide bonds. The van der Waals surface area contributed by atoms with Gasteiger partial charge in [0.25, 0.3) is 0 Å². The molecule has 0 bridgehead atoms. The van der Waals surface area contributed by atoms with Gasteiger partial charge in [-0.1, -0.05) is 13.3 Å². The molecule has 6 nitrogen and oxygen atoms in total. The van der Waals surface area contributed by atoms with E-state index < -0.39 is 0 Å². The molecule has 1 aromatic heterocycles. The second kappa shape index (κ2) is 8.65. The Morgan fingerprint density at radius 3 is 2.87 bits per heavy atom. The summed E-state index contributed by atoms with van der Waals surface area (Å²) in [6.45, 7) is 5.41. The van der Waals surface area contributed by atoms with Crippen molar-refractivity contribution in [3.63, 3.8) is 0 Å². The average Bonchev–Trinajstić information content (AvgIpc) is 2.55. The fourth-order valence-electron chi connectivity index (χ4n) is 2.84. The number of amides is 1. The molecule has 128 valence electrons. The number of hydrogen-bond acceptors (Lipinski definition) is 5.